The molecule has 0 saturated carbocycles. The van der Waals surface area contributed by atoms with E-state index in [0.717, 1.165) is 21.6 Å². The van der Waals surface area contributed by atoms with Crippen molar-refractivity contribution < 1.29 is 52.7 Å². The first-order valence-electron chi connectivity index (χ1n) is 33.0. The van der Waals surface area contributed by atoms with Crippen molar-refractivity contribution >= 4 is 121 Å². The number of rotatable bonds is 26. The van der Waals surface area contributed by atoms with E-state index in [1.165, 1.54) is 36.6 Å². The third-order valence-corrected chi connectivity index (χ3v) is 19.3. The van der Waals surface area contributed by atoms with Gasteiger partial charge >= 0.3 is 0 Å². The molecule has 19 N–H and O–H groups in total. The molecule has 0 spiro atoms. The second-order valence-electron chi connectivity index (χ2n) is 25.0. The van der Waals surface area contributed by atoms with E-state index < -0.39 is 131 Å². The normalized spacial score (nSPS) is 20.4. The highest BCUT2D eigenvalue weighted by atomic mass is 35.5. The lowest BCUT2D eigenvalue weighted by Gasteiger charge is -2.31. The van der Waals surface area contributed by atoms with E-state index >= 15 is 19.2 Å². The van der Waals surface area contributed by atoms with Crippen LogP contribution >= 0.6 is 33.2 Å². The molecule has 11 amide bonds. The molecule has 3 aromatic carbocycles. The van der Waals surface area contributed by atoms with Crippen LogP contribution in [0, 0.1) is 16.7 Å². The highest BCUT2D eigenvalue weighted by Gasteiger charge is 2.41. The molecule has 5 aromatic rings. The maximum absolute atomic E-state index is 15.3. The molecule has 540 valence electrons. The van der Waals surface area contributed by atoms with Gasteiger partial charge in [-0.15, -0.1) is 0 Å². The van der Waals surface area contributed by atoms with Crippen molar-refractivity contribution in [1.29, 1.82) is 10.8 Å². The molecular formula is C68H88ClN19O11S2. The summed E-state index contributed by atoms with van der Waals surface area (Å²) >= 11 is 6.28. The Morgan fingerprint density at radius 2 is 1.16 bits per heavy atom. The van der Waals surface area contributed by atoms with Crippen LogP contribution < -0.4 is 75.7 Å². The van der Waals surface area contributed by atoms with Gasteiger partial charge in [-0.25, -0.2) is 0 Å². The smallest absolute Gasteiger partial charge is 0.254 e. The Morgan fingerprint density at radius 3 is 1.77 bits per heavy atom. The predicted molar refractivity (Wildman–Crippen MR) is 383 cm³/mol. The Kier molecular flexibility index (Phi) is 30.3. The average Bonchev–Trinajstić information content (AvgIpc) is 1.28. The van der Waals surface area contributed by atoms with Crippen molar-refractivity contribution in [2.24, 2.45) is 23.1 Å². The second kappa shape index (κ2) is 39.1. The summed E-state index contributed by atoms with van der Waals surface area (Å²) in [6, 6.07) is 13.7. The van der Waals surface area contributed by atoms with Gasteiger partial charge in [-0.2, -0.15) is 0 Å². The fourth-order valence-corrected chi connectivity index (χ4v) is 14.0. The van der Waals surface area contributed by atoms with Crippen LogP contribution in [0.15, 0.2) is 116 Å². The lowest BCUT2D eigenvalue weighted by molar-refractivity contribution is -0.142. The van der Waals surface area contributed by atoms with Crippen molar-refractivity contribution in [3.05, 3.63) is 143 Å². The number of primary amides is 1. The van der Waals surface area contributed by atoms with Gasteiger partial charge in [-0.05, 0) is 108 Å². The topological polar surface area (TPSA) is 475 Å². The standard InChI is InChI=1S/C68H88ClN19O11S2/c1-38(2)29-49-58(92)81-48(16-9-27-78-68(73)74)66(99)88-28-10-17-55(88)63(97)86-54(56(70)90)37-100-101-65(64(98)80-47(15-8-26-77-67(71)72)57(91)83-52(61(95)82-49)33-42-11-6-24-75-35-42)87-62(96)53(34-43-12-7-25-76-36-43)85-60(94)51(31-40-19-22-46(69)23-20-40)84-59(93)50(79-39(3)89)32-41-18-21-44-13-4-5-14-45(44)30-41/h4-7,11-14,18-25,30,35-36,38,47-55,65H,8-10,15-17,26-29,31-34,37H2,1-3H3,(H2,70,90)(H,79,89)(H,80,98)(H,81,92)(H,82,95)(H,83,91)(H,84,93)(H,85,94)(H,86,97)(H,87,96)(H4,71,72,77)(H4,73,74,78)/t47-,48-,49-,50+,51+,52+,53+,54-,55-,65+/m0/s1. The molecule has 2 saturated heterocycles. The molecule has 0 radical (unpaired) electrons. The number of carbonyl (C=O) groups excluding carboxylic acids is 11. The van der Waals surface area contributed by atoms with E-state index in [1.807, 2.05) is 42.5 Å². The molecule has 0 aliphatic carbocycles. The number of carbonyl (C=O) groups is 11. The van der Waals surface area contributed by atoms with Crippen molar-refractivity contribution in [3.63, 3.8) is 0 Å². The summed E-state index contributed by atoms with van der Waals surface area (Å²) in [7, 11) is 1.47. The summed E-state index contributed by atoms with van der Waals surface area (Å²) in [5.41, 5.74) is 19.2. The monoisotopic (exact) mass is 1450 g/mol. The molecule has 101 heavy (non-hydrogen) atoms. The Labute approximate surface area is 597 Å². The molecule has 2 aromatic heterocycles. The highest BCUT2D eigenvalue weighted by molar-refractivity contribution is 8.77. The van der Waals surface area contributed by atoms with Crippen molar-refractivity contribution in [1.82, 2.24) is 73.4 Å². The summed E-state index contributed by atoms with van der Waals surface area (Å²) in [6.07, 6.45) is 5.89. The lowest BCUT2D eigenvalue weighted by Crippen LogP contribution is -2.61. The van der Waals surface area contributed by atoms with Gasteiger partial charge in [0.15, 0.2) is 17.3 Å². The van der Waals surface area contributed by atoms with Gasteiger partial charge in [0.25, 0.3) is 5.91 Å². The highest BCUT2D eigenvalue weighted by Crippen LogP contribution is 2.28. The molecule has 0 unspecified atom stereocenters. The number of fused-ring (bicyclic) bond motifs is 2. The Balaban J connectivity index is 1.26. The molecule has 2 aliphatic rings. The minimum absolute atomic E-state index is 0.0167. The maximum Gasteiger partial charge on any atom is 0.254 e. The number of nitrogens with one attached hydrogen (secondary N) is 13. The SMILES string of the molecule is CC(=O)N[C@H](Cc1ccc2ccccc2c1)C(=O)N[C@H](Cc1ccc(Cl)cc1)C(=O)N[C@H](Cc1cccnc1)C(=O)N[C@@H]1SSC[C@@H](C(N)=O)NC(=O)[C@@H]2CCCN2C(=O)[C@H](CCCNC(=N)N)NC(=O)[C@H](CC(C)C)NC(=O)[C@@H](Cc2cccnc2)NC(=O)[C@H](CCCNC(=N)N)NC1=O. The summed E-state index contributed by atoms with van der Waals surface area (Å²) in [4.78, 5) is 170. The fourth-order valence-electron chi connectivity index (χ4n) is 11.5. The first-order chi connectivity index (χ1) is 48.3. The van der Waals surface area contributed by atoms with Gasteiger partial charge in [-0.1, -0.05) is 114 Å². The Hall–Kier alpha value is -10.1. The second-order valence-corrected chi connectivity index (χ2v) is 27.9. The van der Waals surface area contributed by atoms with Gasteiger partial charge < -0.3 is 80.6 Å². The molecule has 7 rings (SSSR count). The van der Waals surface area contributed by atoms with Crippen LogP contribution in [0.4, 0.5) is 0 Å². The number of halogens is 1. The van der Waals surface area contributed by atoms with Crippen LogP contribution in [0.1, 0.15) is 88.0 Å². The molecule has 10 atom stereocenters. The minimum Gasteiger partial charge on any atom is -0.370 e. The van der Waals surface area contributed by atoms with Crippen LogP contribution in [-0.4, -0.2) is 177 Å². The number of benzene rings is 3. The zero-order valence-corrected chi connectivity index (χ0v) is 58.6. The Morgan fingerprint density at radius 1 is 0.614 bits per heavy atom. The van der Waals surface area contributed by atoms with Gasteiger partial charge in [0, 0.05) is 87.8 Å². The van der Waals surface area contributed by atoms with Crippen LogP contribution in [0.5, 0.6) is 0 Å². The van der Waals surface area contributed by atoms with Gasteiger partial charge in [-0.3, -0.25) is 73.5 Å². The first-order valence-corrected chi connectivity index (χ1v) is 35.8. The van der Waals surface area contributed by atoms with E-state index in [4.69, 9.17) is 39.6 Å². The van der Waals surface area contributed by atoms with Crippen LogP contribution in [0.2, 0.25) is 5.02 Å². The molecule has 4 heterocycles. The molecule has 2 fully saturated rings. The van der Waals surface area contributed by atoms with Crippen molar-refractivity contribution in [2.45, 2.75) is 151 Å². The number of hydrogen-bond acceptors (Lipinski definition) is 17. The Bertz CT molecular complexity index is 3750. The molecule has 2 aliphatic heterocycles. The van der Waals surface area contributed by atoms with E-state index in [9.17, 15) is 33.6 Å². The zero-order valence-electron chi connectivity index (χ0n) is 56.2. The van der Waals surface area contributed by atoms with Crippen molar-refractivity contribution in [3.8, 4) is 0 Å². The minimum atomic E-state index is -1.75. The molecular weight excluding hydrogens is 1360 g/mol. The van der Waals surface area contributed by atoms with Crippen LogP contribution in [-0.2, 0) is 78.4 Å². The van der Waals surface area contributed by atoms with E-state index in [-0.39, 0.29) is 101 Å². The van der Waals surface area contributed by atoms with E-state index in [0.29, 0.717) is 44.5 Å². The molecule has 33 heteroatoms. The number of nitrogens with two attached hydrogens (primary N) is 3. The lowest BCUT2D eigenvalue weighted by atomic mass is 9.99. The summed E-state index contributed by atoms with van der Waals surface area (Å²) in [6.45, 7) is 5.08. The first kappa shape index (κ1) is 78.3. The zero-order chi connectivity index (χ0) is 73.1. The number of hydrogen-bond donors (Lipinski definition) is 16. The van der Waals surface area contributed by atoms with E-state index in [2.05, 4.69) is 68.5 Å². The van der Waals surface area contributed by atoms with Crippen LogP contribution in [0.3, 0.4) is 0 Å². The third kappa shape index (κ3) is 25.2. The summed E-state index contributed by atoms with van der Waals surface area (Å²) in [5.74, 6) is -10.5. The number of aromatic nitrogens is 2. The quantitative estimate of drug-likeness (QED) is 0.0154. The number of nitrogens with zero attached hydrogens (tertiary/aromatic N) is 3. The van der Waals surface area contributed by atoms with Crippen molar-refractivity contribution in [2.75, 3.05) is 25.4 Å². The summed E-state index contributed by atoms with van der Waals surface area (Å²) < 4.78 is 0. The maximum atomic E-state index is 15.3. The van der Waals surface area contributed by atoms with E-state index in [1.54, 1.807) is 62.4 Å². The number of amides is 11. The molecule has 0 bridgehead atoms. The average molecular weight is 1450 g/mol. The number of guanidine groups is 2. The fraction of sp³-hybridized carbons (Fsp3) is 0.426. The summed E-state index contributed by atoms with van der Waals surface area (Å²) in [5, 5.41) is 46.0. The van der Waals surface area contributed by atoms with Gasteiger partial charge in [0.05, 0.1) is 0 Å². The van der Waals surface area contributed by atoms with Crippen LogP contribution in [0.25, 0.3) is 10.8 Å². The predicted octanol–water partition coefficient (Wildman–Crippen LogP) is 0.338. The van der Waals surface area contributed by atoms with Gasteiger partial charge in [0.1, 0.15) is 54.4 Å². The number of pyridine rings is 2. The third-order valence-electron chi connectivity index (χ3n) is 16.5. The van der Waals surface area contributed by atoms with Gasteiger partial charge in [0.2, 0.25) is 59.1 Å². The molecule has 30 nitrogen and oxygen atoms in total. The largest absolute Gasteiger partial charge is 0.370 e.